The number of amides is 2. The number of aryl methyl sites for hydroxylation is 2. The number of fused-ring (bicyclic) bond motifs is 1. The number of anilines is 1. The van der Waals surface area contributed by atoms with Crippen LogP contribution in [0.5, 0.6) is 0 Å². The number of hydrogen-bond donors (Lipinski definition) is 1. The Morgan fingerprint density at radius 1 is 1.12 bits per heavy atom. The number of carbonyl (C=O) groups is 2. The molecule has 0 radical (unpaired) electrons. The average molecular weight is 470 g/mol. The third-order valence-corrected chi connectivity index (χ3v) is 7.01. The number of nitrogens with one attached hydrogen (secondary N) is 1. The zero-order valence-corrected chi connectivity index (χ0v) is 21.1. The van der Waals surface area contributed by atoms with Crippen LogP contribution in [0.3, 0.4) is 0 Å². The maximum absolute atomic E-state index is 13.9. The minimum Gasteiger partial charge on any atom is -0.435 e. The second kappa shape index (κ2) is 11.6. The van der Waals surface area contributed by atoms with Crippen molar-refractivity contribution in [1.29, 1.82) is 0 Å². The molecule has 6 nitrogen and oxygen atoms in total. The van der Waals surface area contributed by atoms with Gasteiger partial charge in [0.1, 0.15) is 0 Å². The summed E-state index contributed by atoms with van der Waals surface area (Å²) in [5, 5.41) is 2.45. The molecule has 0 saturated carbocycles. The first-order valence-electron chi connectivity index (χ1n) is 11.5. The van der Waals surface area contributed by atoms with Crippen LogP contribution in [-0.2, 0) is 9.53 Å². The molecule has 1 heterocycles. The van der Waals surface area contributed by atoms with Crippen LogP contribution in [0.4, 0.5) is 10.5 Å². The summed E-state index contributed by atoms with van der Waals surface area (Å²) in [5.74, 6) is -0.192. The van der Waals surface area contributed by atoms with Gasteiger partial charge in [0.2, 0.25) is 0 Å². The molecule has 0 fully saturated rings. The maximum atomic E-state index is 13.9. The summed E-state index contributed by atoms with van der Waals surface area (Å²) >= 11 is 1.59. The Balaban J connectivity index is 2.02. The average Bonchev–Trinajstić information content (AvgIpc) is 2.88. The van der Waals surface area contributed by atoms with Gasteiger partial charge < -0.3 is 19.9 Å². The molecule has 7 heteroatoms. The van der Waals surface area contributed by atoms with Gasteiger partial charge in [-0.2, -0.15) is 0 Å². The van der Waals surface area contributed by atoms with Crippen LogP contribution in [-0.4, -0.2) is 56.7 Å². The van der Waals surface area contributed by atoms with E-state index in [0.29, 0.717) is 19.6 Å². The molecule has 2 aromatic carbocycles. The standard InChI is InChI=1S/C26H35N3O3S/c1-6-7-14-27-26(31)32-23-24(20-11-8-18(2)9-12-20)33-22-17-19(3)10-13-21(22)29(25(23)30)16-15-28(4)5/h8-13,17,23-24H,6-7,14-16H2,1-5H3,(H,27,31)/t23-,24+/m0/s1. The lowest BCUT2D eigenvalue weighted by Crippen LogP contribution is -2.46. The SMILES string of the molecule is CCCCNC(=O)O[C@@H]1C(=O)N(CCN(C)C)c2ccc(C)cc2S[C@@H]1c1ccc(C)cc1. The zero-order valence-electron chi connectivity index (χ0n) is 20.3. The van der Waals surface area contributed by atoms with E-state index in [2.05, 4.69) is 18.3 Å². The first-order chi connectivity index (χ1) is 15.8. The monoisotopic (exact) mass is 469 g/mol. The lowest BCUT2D eigenvalue weighted by atomic mass is 10.0. The lowest BCUT2D eigenvalue weighted by Gasteiger charge is -2.28. The topological polar surface area (TPSA) is 61.9 Å². The summed E-state index contributed by atoms with van der Waals surface area (Å²) in [7, 11) is 3.97. The highest BCUT2D eigenvalue weighted by Gasteiger charge is 2.41. The molecule has 0 bridgehead atoms. The molecule has 0 saturated heterocycles. The van der Waals surface area contributed by atoms with Gasteiger partial charge in [0.25, 0.3) is 5.91 Å². The fourth-order valence-electron chi connectivity index (χ4n) is 3.71. The van der Waals surface area contributed by atoms with Crippen molar-refractivity contribution in [2.45, 2.75) is 49.9 Å². The Morgan fingerprint density at radius 2 is 1.82 bits per heavy atom. The predicted molar refractivity (Wildman–Crippen MR) is 135 cm³/mol. The quantitative estimate of drug-likeness (QED) is 0.555. The Morgan fingerprint density at radius 3 is 2.48 bits per heavy atom. The summed E-state index contributed by atoms with van der Waals surface area (Å²) in [6.45, 7) is 7.89. The Hall–Kier alpha value is -2.51. The number of alkyl carbamates (subject to hydrolysis) is 1. The van der Waals surface area contributed by atoms with Crippen molar-refractivity contribution in [3.05, 3.63) is 59.2 Å². The number of likely N-dealkylation sites (N-methyl/N-ethyl adjacent to an activating group) is 1. The molecule has 0 spiro atoms. The van der Waals surface area contributed by atoms with Gasteiger partial charge in [0.15, 0.2) is 6.10 Å². The lowest BCUT2D eigenvalue weighted by molar-refractivity contribution is -0.126. The highest BCUT2D eigenvalue weighted by Crippen LogP contribution is 2.47. The normalized spacial score (nSPS) is 18.1. The van der Waals surface area contributed by atoms with Gasteiger partial charge in [-0.3, -0.25) is 4.79 Å². The third kappa shape index (κ3) is 6.51. The summed E-state index contributed by atoms with van der Waals surface area (Å²) in [5.41, 5.74) is 4.10. The van der Waals surface area contributed by atoms with Crippen molar-refractivity contribution in [2.75, 3.05) is 38.6 Å². The van der Waals surface area contributed by atoms with Gasteiger partial charge in [-0.15, -0.1) is 11.8 Å². The molecule has 1 N–H and O–H groups in total. The van der Waals surface area contributed by atoms with E-state index in [-0.39, 0.29) is 11.2 Å². The molecule has 178 valence electrons. The second-order valence-corrected chi connectivity index (χ2v) is 10.0. The van der Waals surface area contributed by atoms with Gasteiger partial charge in [-0.25, -0.2) is 4.79 Å². The van der Waals surface area contributed by atoms with Crippen LogP contribution in [0.25, 0.3) is 0 Å². The van der Waals surface area contributed by atoms with Gasteiger partial charge in [-0.05, 0) is 57.6 Å². The summed E-state index contributed by atoms with van der Waals surface area (Å²) in [4.78, 5) is 31.4. The Labute approximate surface area is 201 Å². The third-order valence-electron chi connectivity index (χ3n) is 5.65. The minimum atomic E-state index is -0.936. The van der Waals surface area contributed by atoms with Crippen molar-refractivity contribution in [3.63, 3.8) is 0 Å². The van der Waals surface area contributed by atoms with Gasteiger partial charge in [0.05, 0.1) is 10.9 Å². The smallest absolute Gasteiger partial charge is 0.407 e. The molecule has 0 aromatic heterocycles. The van der Waals surface area contributed by atoms with E-state index < -0.39 is 12.2 Å². The molecule has 2 amide bonds. The Bertz CT molecular complexity index is 962. The van der Waals surface area contributed by atoms with Crippen molar-refractivity contribution in [3.8, 4) is 0 Å². The van der Waals surface area contributed by atoms with Gasteiger partial charge >= 0.3 is 6.09 Å². The van der Waals surface area contributed by atoms with Crippen LogP contribution < -0.4 is 10.2 Å². The summed E-state index contributed by atoms with van der Waals surface area (Å²) in [6, 6.07) is 14.2. The van der Waals surface area contributed by atoms with Gasteiger partial charge in [-0.1, -0.05) is 49.2 Å². The molecule has 3 rings (SSSR count). The van der Waals surface area contributed by atoms with Crippen LogP contribution in [0, 0.1) is 13.8 Å². The Kier molecular flexibility index (Phi) is 8.80. The van der Waals surface area contributed by atoms with E-state index in [4.69, 9.17) is 4.74 Å². The number of carbonyl (C=O) groups excluding carboxylic acids is 2. The number of nitrogens with zero attached hydrogens (tertiary/aromatic N) is 2. The molecule has 2 atom stereocenters. The van der Waals surface area contributed by atoms with Gasteiger partial charge in [0, 0.05) is 24.5 Å². The zero-order chi connectivity index (χ0) is 24.0. The van der Waals surface area contributed by atoms with E-state index in [0.717, 1.165) is 40.1 Å². The van der Waals surface area contributed by atoms with Crippen LogP contribution >= 0.6 is 11.8 Å². The molecular formula is C26H35N3O3S. The molecule has 1 aliphatic heterocycles. The largest absolute Gasteiger partial charge is 0.435 e. The van der Waals surface area contributed by atoms with E-state index in [1.807, 2.05) is 69.2 Å². The van der Waals surface area contributed by atoms with Crippen molar-refractivity contribution < 1.29 is 14.3 Å². The first-order valence-corrected chi connectivity index (χ1v) is 12.4. The second-order valence-electron chi connectivity index (χ2n) is 8.82. The first kappa shape index (κ1) is 25.1. The summed E-state index contributed by atoms with van der Waals surface area (Å²) in [6.07, 6.45) is 0.351. The predicted octanol–water partition coefficient (Wildman–Crippen LogP) is 4.94. The maximum Gasteiger partial charge on any atom is 0.407 e. The molecule has 0 unspecified atom stereocenters. The van der Waals surface area contributed by atoms with Crippen LogP contribution in [0.2, 0.25) is 0 Å². The number of rotatable bonds is 8. The molecule has 33 heavy (non-hydrogen) atoms. The summed E-state index contributed by atoms with van der Waals surface area (Å²) < 4.78 is 5.85. The highest BCUT2D eigenvalue weighted by atomic mass is 32.2. The van der Waals surface area contributed by atoms with Crippen molar-refractivity contribution in [2.24, 2.45) is 0 Å². The van der Waals surface area contributed by atoms with E-state index in [1.54, 1.807) is 16.7 Å². The van der Waals surface area contributed by atoms with Crippen LogP contribution in [0.15, 0.2) is 47.4 Å². The molecule has 2 aromatic rings. The number of unbranched alkanes of at least 4 members (excludes halogenated alkanes) is 1. The van der Waals surface area contributed by atoms with Crippen molar-refractivity contribution in [1.82, 2.24) is 10.2 Å². The van der Waals surface area contributed by atoms with E-state index in [9.17, 15) is 9.59 Å². The number of hydrogen-bond acceptors (Lipinski definition) is 5. The number of thioether (sulfide) groups is 1. The molecule has 1 aliphatic rings. The number of ether oxygens (including phenoxy) is 1. The van der Waals surface area contributed by atoms with Crippen LogP contribution in [0.1, 0.15) is 41.7 Å². The highest BCUT2D eigenvalue weighted by molar-refractivity contribution is 7.99. The fourth-order valence-corrected chi connectivity index (χ4v) is 5.12. The van der Waals surface area contributed by atoms with E-state index >= 15 is 0 Å². The fraction of sp³-hybridized carbons (Fsp3) is 0.462. The van der Waals surface area contributed by atoms with E-state index in [1.165, 1.54) is 0 Å². The molecule has 0 aliphatic carbocycles. The number of benzene rings is 2. The van der Waals surface area contributed by atoms with Crippen molar-refractivity contribution >= 4 is 29.4 Å². The minimum absolute atomic E-state index is 0.192. The molecular weight excluding hydrogens is 434 g/mol.